The van der Waals surface area contributed by atoms with E-state index in [4.69, 9.17) is 25.5 Å². The second-order valence-corrected chi connectivity index (χ2v) is 8.11. The fraction of sp³-hybridized carbons (Fsp3) is 0.182. The molecule has 0 saturated carbocycles. The first kappa shape index (κ1) is 20.1. The molecule has 9 nitrogen and oxygen atoms in total. The molecule has 32 heavy (non-hydrogen) atoms. The van der Waals surface area contributed by atoms with Gasteiger partial charge in [0, 0.05) is 21.1 Å². The second-order valence-electron chi connectivity index (χ2n) is 7.67. The third-order valence-corrected chi connectivity index (χ3v) is 5.27. The Bertz CT molecular complexity index is 1270. The van der Waals surface area contributed by atoms with Gasteiger partial charge in [0.25, 0.3) is 0 Å². The largest absolute Gasteiger partial charge is 0.489 e. The van der Waals surface area contributed by atoms with Gasteiger partial charge >= 0.3 is 11.8 Å². The van der Waals surface area contributed by atoms with Crippen LogP contribution < -0.4 is 9.47 Å². The molecule has 3 heterocycles. The van der Waals surface area contributed by atoms with Crippen LogP contribution in [0.2, 0.25) is 5.02 Å². The predicted molar refractivity (Wildman–Crippen MR) is 116 cm³/mol. The fourth-order valence-electron chi connectivity index (χ4n) is 3.47. The molecule has 1 aliphatic heterocycles. The summed E-state index contributed by atoms with van der Waals surface area (Å²) in [5.41, 5.74) is 0.950. The molecule has 0 bridgehead atoms. The summed E-state index contributed by atoms with van der Waals surface area (Å²) in [7, 11) is 0. The maximum Gasteiger partial charge on any atom is 0.415 e. The number of nitro groups is 1. The average molecular weight is 453 g/mol. The van der Waals surface area contributed by atoms with Crippen molar-refractivity contribution in [3.63, 3.8) is 0 Å². The van der Waals surface area contributed by atoms with Gasteiger partial charge in [0.2, 0.25) is 5.89 Å². The van der Waals surface area contributed by atoms with E-state index < -0.39 is 10.5 Å². The van der Waals surface area contributed by atoms with E-state index >= 15 is 0 Å². The van der Waals surface area contributed by atoms with Gasteiger partial charge in [-0.1, -0.05) is 17.7 Å². The van der Waals surface area contributed by atoms with Gasteiger partial charge in [-0.15, -0.1) is 0 Å². The van der Waals surface area contributed by atoms with Crippen LogP contribution in [-0.2, 0) is 6.54 Å². The van der Waals surface area contributed by atoms with Gasteiger partial charge in [-0.3, -0.25) is 4.57 Å². The molecule has 0 fully saturated rings. The van der Waals surface area contributed by atoms with Crippen molar-refractivity contribution in [1.82, 2.24) is 14.5 Å². The number of ether oxygens (including phenoxy) is 2. The monoisotopic (exact) mass is 452 g/mol. The maximum atomic E-state index is 10.9. The molecule has 1 aliphatic rings. The van der Waals surface area contributed by atoms with Crippen molar-refractivity contribution in [2.45, 2.75) is 19.1 Å². The number of halogens is 1. The number of fused-ring (bicyclic) bond motifs is 1. The molecule has 0 spiro atoms. The number of imidazole rings is 1. The van der Waals surface area contributed by atoms with Crippen LogP contribution in [0.5, 0.6) is 11.8 Å². The molecule has 0 unspecified atom stereocenters. The fourth-order valence-corrected chi connectivity index (χ4v) is 3.59. The van der Waals surface area contributed by atoms with E-state index in [0.29, 0.717) is 29.0 Å². The van der Waals surface area contributed by atoms with Crippen molar-refractivity contribution in [2.75, 3.05) is 6.61 Å². The van der Waals surface area contributed by atoms with Crippen LogP contribution in [0.25, 0.3) is 22.8 Å². The van der Waals surface area contributed by atoms with E-state index in [9.17, 15) is 10.1 Å². The van der Waals surface area contributed by atoms with Gasteiger partial charge in [-0.25, -0.2) is 4.98 Å². The highest BCUT2D eigenvalue weighted by molar-refractivity contribution is 6.30. The molecule has 0 aliphatic carbocycles. The predicted octanol–water partition coefficient (Wildman–Crippen LogP) is 5.00. The molecular weight excluding hydrogens is 436 g/mol. The third-order valence-electron chi connectivity index (χ3n) is 5.02. The van der Waals surface area contributed by atoms with Crippen molar-refractivity contribution in [2.24, 2.45) is 0 Å². The SMILES string of the molecule is C[C@]1(COc2cccc(-c3ncc(-c4ccc(Cl)cc4)o3)c2)Cn2cc([N+](=O)[O-])nc2O1. The zero-order valence-corrected chi connectivity index (χ0v) is 17.7. The summed E-state index contributed by atoms with van der Waals surface area (Å²) in [5, 5.41) is 11.5. The molecule has 0 amide bonds. The van der Waals surface area contributed by atoms with Gasteiger partial charge < -0.3 is 24.0 Å². The molecule has 0 N–H and O–H groups in total. The van der Waals surface area contributed by atoms with Crippen molar-refractivity contribution in [3.8, 4) is 34.5 Å². The number of aromatic nitrogens is 3. The molecule has 2 aromatic heterocycles. The normalized spacial score (nSPS) is 17.1. The Morgan fingerprint density at radius 2 is 2.06 bits per heavy atom. The summed E-state index contributed by atoms with van der Waals surface area (Å²) in [6.45, 7) is 2.49. The van der Waals surface area contributed by atoms with Crippen LogP contribution in [0, 0.1) is 10.1 Å². The second kappa shape index (κ2) is 7.69. The standard InChI is InChI=1S/C22H17ClN4O5/c1-22(12-26-11-19(27(28)29)25-21(26)32-22)13-30-17-4-2-3-15(9-17)20-24-10-18(31-20)14-5-7-16(23)8-6-14/h2-11H,12-13H2,1H3/t22-/m1/s1. The summed E-state index contributed by atoms with van der Waals surface area (Å²) >= 11 is 5.94. The Labute approximate surface area is 187 Å². The zero-order chi connectivity index (χ0) is 22.3. The number of nitrogens with zero attached hydrogens (tertiary/aromatic N) is 4. The number of hydrogen-bond acceptors (Lipinski definition) is 7. The van der Waals surface area contributed by atoms with Crippen LogP contribution in [-0.4, -0.2) is 31.7 Å². The van der Waals surface area contributed by atoms with Crippen LogP contribution in [0.15, 0.2) is 65.3 Å². The quantitative estimate of drug-likeness (QED) is 0.299. The molecule has 1 atom stereocenters. The number of hydrogen-bond donors (Lipinski definition) is 0. The Hall–Kier alpha value is -3.85. The summed E-state index contributed by atoms with van der Waals surface area (Å²) in [5.74, 6) is 1.49. The molecule has 4 aromatic rings. The first-order valence-corrected chi connectivity index (χ1v) is 10.1. The lowest BCUT2D eigenvalue weighted by Gasteiger charge is -2.22. The van der Waals surface area contributed by atoms with E-state index in [1.165, 1.54) is 6.20 Å². The van der Waals surface area contributed by atoms with Crippen LogP contribution in [0.3, 0.4) is 0 Å². The van der Waals surface area contributed by atoms with E-state index in [1.807, 2.05) is 43.3 Å². The lowest BCUT2D eigenvalue weighted by Crippen LogP contribution is -2.38. The van der Waals surface area contributed by atoms with Crippen molar-refractivity contribution in [3.05, 3.63) is 76.1 Å². The Kier molecular flexibility index (Phi) is 4.82. The van der Waals surface area contributed by atoms with Gasteiger partial charge in [-0.2, -0.15) is 0 Å². The first-order chi connectivity index (χ1) is 15.4. The Morgan fingerprint density at radius 3 is 2.81 bits per heavy atom. The van der Waals surface area contributed by atoms with Crippen molar-refractivity contribution >= 4 is 17.4 Å². The molecule has 2 aromatic carbocycles. The van der Waals surface area contributed by atoms with E-state index in [-0.39, 0.29) is 18.4 Å². The molecular formula is C22H17ClN4O5. The third kappa shape index (κ3) is 3.90. The molecule has 162 valence electrons. The topological polar surface area (TPSA) is 105 Å². The Balaban J connectivity index is 1.27. The zero-order valence-electron chi connectivity index (χ0n) is 16.9. The van der Waals surface area contributed by atoms with E-state index in [1.54, 1.807) is 22.9 Å². The van der Waals surface area contributed by atoms with Crippen molar-refractivity contribution < 1.29 is 18.8 Å². The highest BCUT2D eigenvalue weighted by Gasteiger charge is 2.41. The number of oxazole rings is 1. The van der Waals surface area contributed by atoms with E-state index in [0.717, 1.165) is 11.1 Å². The minimum Gasteiger partial charge on any atom is -0.489 e. The smallest absolute Gasteiger partial charge is 0.415 e. The summed E-state index contributed by atoms with van der Waals surface area (Å²) in [6.07, 6.45) is 3.03. The molecule has 10 heteroatoms. The van der Waals surface area contributed by atoms with Crippen molar-refractivity contribution in [1.29, 1.82) is 0 Å². The summed E-state index contributed by atoms with van der Waals surface area (Å²) in [6, 6.07) is 14.9. The average Bonchev–Trinajstić information content (AvgIpc) is 3.47. The summed E-state index contributed by atoms with van der Waals surface area (Å²) < 4.78 is 19.3. The van der Waals surface area contributed by atoms with E-state index in [2.05, 4.69) is 9.97 Å². The van der Waals surface area contributed by atoms with Crippen LogP contribution in [0.4, 0.5) is 5.82 Å². The van der Waals surface area contributed by atoms with Gasteiger partial charge in [0.15, 0.2) is 11.4 Å². The maximum absolute atomic E-state index is 10.9. The van der Waals surface area contributed by atoms with Gasteiger partial charge in [-0.05, 0) is 54.3 Å². The lowest BCUT2D eigenvalue weighted by atomic mass is 10.1. The minimum absolute atomic E-state index is 0.214. The van der Waals surface area contributed by atoms with Crippen LogP contribution in [0.1, 0.15) is 6.92 Å². The first-order valence-electron chi connectivity index (χ1n) is 9.74. The highest BCUT2D eigenvalue weighted by atomic mass is 35.5. The molecule has 0 saturated heterocycles. The molecule has 0 radical (unpaired) electrons. The van der Waals surface area contributed by atoms with Gasteiger partial charge in [0.05, 0.1) is 12.7 Å². The molecule has 5 rings (SSSR count). The number of rotatable bonds is 6. The summed E-state index contributed by atoms with van der Waals surface area (Å²) in [4.78, 5) is 18.6. The van der Waals surface area contributed by atoms with Crippen LogP contribution >= 0.6 is 11.6 Å². The Morgan fingerprint density at radius 1 is 1.25 bits per heavy atom. The van der Waals surface area contributed by atoms with Gasteiger partial charge in [0.1, 0.15) is 18.6 Å². The highest BCUT2D eigenvalue weighted by Crippen LogP contribution is 2.32. The number of benzene rings is 2. The lowest BCUT2D eigenvalue weighted by molar-refractivity contribution is -0.389. The minimum atomic E-state index is -0.696.